The Morgan fingerprint density at radius 1 is 0.400 bits per heavy atom. The maximum atomic E-state index is 12.8. The van der Waals surface area contributed by atoms with Crippen LogP contribution in [-0.2, 0) is 33.3 Å². The third-order valence-corrected chi connectivity index (χ3v) is 11.9. The third kappa shape index (κ3) is 57.0. The summed E-state index contributed by atoms with van der Waals surface area (Å²) < 4.78 is 22.5. The number of ether oxygens (including phenoxy) is 4. The van der Waals surface area contributed by atoms with Crippen LogP contribution in [0.4, 0.5) is 0 Å². The first-order valence-corrected chi connectivity index (χ1v) is 29.3. The van der Waals surface area contributed by atoms with Gasteiger partial charge < -0.3 is 33.3 Å². The number of hydrogen-bond donors (Lipinski definition) is 0. The van der Waals surface area contributed by atoms with Crippen LogP contribution >= 0.6 is 0 Å². The Hall–Kier alpha value is -4.57. The fourth-order valence-electron chi connectivity index (χ4n) is 7.47. The maximum absolute atomic E-state index is 12.8. The van der Waals surface area contributed by atoms with Gasteiger partial charge in [0.15, 0.2) is 12.4 Å². The number of quaternary nitrogens is 1. The Bertz CT molecular complexity index is 1690. The molecule has 0 N–H and O–H groups in total. The number of carboxylic acids is 1. The van der Waals surface area contributed by atoms with Gasteiger partial charge in [0.05, 0.1) is 40.3 Å². The van der Waals surface area contributed by atoms with Gasteiger partial charge >= 0.3 is 11.9 Å². The number of allylic oxidation sites excluding steroid dienone is 22. The van der Waals surface area contributed by atoms with E-state index in [1.807, 2.05) is 33.3 Å². The molecule has 0 aliphatic carbocycles. The lowest BCUT2D eigenvalue weighted by Crippen LogP contribution is -2.44. The molecule has 424 valence electrons. The zero-order valence-electron chi connectivity index (χ0n) is 48.1. The Labute approximate surface area is 459 Å². The van der Waals surface area contributed by atoms with Crippen LogP contribution in [0.5, 0.6) is 0 Å². The van der Waals surface area contributed by atoms with Crippen LogP contribution in [0.3, 0.4) is 0 Å². The van der Waals surface area contributed by atoms with Crippen LogP contribution in [0.15, 0.2) is 134 Å². The van der Waals surface area contributed by atoms with Crippen molar-refractivity contribution in [3.63, 3.8) is 0 Å². The van der Waals surface area contributed by atoms with Gasteiger partial charge in [-0.1, -0.05) is 231 Å². The van der Waals surface area contributed by atoms with Gasteiger partial charge in [-0.2, -0.15) is 0 Å². The molecule has 0 saturated carbocycles. The lowest BCUT2D eigenvalue weighted by Gasteiger charge is -2.26. The van der Waals surface area contributed by atoms with E-state index in [1.54, 1.807) is 0 Å². The molecule has 75 heavy (non-hydrogen) atoms. The van der Waals surface area contributed by atoms with Crippen molar-refractivity contribution >= 4 is 17.9 Å². The number of likely N-dealkylation sites (N-methyl/N-ethyl adjacent to an activating group) is 1. The van der Waals surface area contributed by atoms with Crippen LogP contribution in [0.1, 0.15) is 206 Å². The molecule has 0 heterocycles. The molecule has 0 amide bonds. The Morgan fingerprint density at radius 2 is 0.747 bits per heavy atom. The fraction of sp³-hybridized carbons (Fsp3) is 0.621. The molecule has 0 aliphatic rings. The first-order valence-electron chi connectivity index (χ1n) is 29.3. The summed E-state index contributed by atoms with van der Waals surface area (Å²) >= 11 is 0. The first kappa shape index (κ1) is 70.4. The number of carbonyl (C=O) groups excluding carboxylic acids is 3. The molecule has 0 fully saturated rings. The van der Waals surface area contributed by atoms with Crippen molar-refractivity contribution in [3.05, 3.63) is 134 Å². The van der Waals surface area contributed by atoms with Gasteiger partial charge in [0.2, 0.25) is 0 Å². The molecule has 0 aromatic carbocycles. The molecular formula is C66H107NO8. The Kier molecular flexibility index (Phi) is 52.3. The highest BCUT2D eigenvalue weighted by Crippen LogP contribution is 2.15. The second kappa shape index (κ2) is 55.7. The fourth-order valence-corrected chi connectivity index (χ4v) is 7.47. The van der Waals surface area contributed by atoms with Gasteiger partial charge in [-0.15, -0.1) is 0 Å². The highest BCUT2D eigenvalue weighted by Gasteiger charge is 2.21. The number of carboxylic acid groups (broad SMARTS) is 1. The third-order valence-electron chi connectivity index (χ3n) is 11.9. The predicted molar refractivity (Wildman–Crippen MR) is 315 cm³/mol. The highest BCUT2D eigenvalue weighted by atomic mass is 16.7. The zero-order chi connectivity index (χ0) is 54.8. The summed E-state index contributed by atoms with van der Waals surface area (Å²) in [4.78, 5) is 37.1. The number of aliphatic carboxylic acids is 1. The van der Waals surface area contributed by atoms with Crippen molar-refractivity contribution in [2.24, 2.45) is 0 Å². The molecule has 0 saturated heterocycles. The summed E-state index contributed by atoms with van der Waals surface area (Å²) in [7, 11) is 5.89. The smallest absolute Gasteiger partial charge is 0.306 e. The Morgan fingerprint density at radius 3 is 1.12 bits per heavy atom. The number of nitrogens with zero attached hydrogens (tertiary/aromatic N) is 1. The second-order valence-corrected chi connectivity index (χ2v) is 20.2. The maximum Gasteiger partial charge on any atom is 0.306 e. The van der Waals surface area contributed by atoms with Crippen molar-refractivity contribution < 1.29 is 42.9 Å². The number of unbranched alkanes of at least 4 members (excludes halogenated alkanes) is 15. The minimum Gasteiger partial charge on any atom is -0.545 e. The standard InChI is InChI=1S/C66H107NO8/c1-6-8-10-12-14-16-18-20-21-22-23-24-25-26-27-28-29-30-31-32-33-34-35-36-37-38-39-40-41-42-43-45-47-49-51-53-55-57-64(69)75-62(61-74-66(65(70)71)72-59-58-67(3,4)5)60-73-63(68)56-54-52-50-48-46-44-19-17-15-13-11-9-7-2/h8-11,14-17,20-21,23-24,26-27,29-30,32-33,44,46,50,52,62,66H,6-7,12-13,18-19,22,25,28,31,34-43,45,47-49,51,53-61H2,1-5H3/b10-8-,11-9-,16-14-,17-15-,21-20-,24-23-,27-26-,30-29-,33-32-,46-44-,52-50-. The molecule has 0 aliphatic heterocycles. The molecule has 0 rings (SSSR count). The van der Waals surface area contributed by atoms with Crippen molar-refractivity contribution in [2.75, 3.05) is 47.5 Å². The lowest BCUT2D eigenvalue weighted by atomic mass is 10.0. The van der Waals surface area contributed by atoms with Crippen LogP contribution in [-0.4, -0.2) is 82.3 Å². The summed E-state index contributed by atoms with van der Waals surface area (Å²) in [5.74, 6) is -2.40. The van der Waals surface area contributed by atoms with Crippen molar-refractivity contribution in [2.45, 2.75) is 219 Å². The minimum atomic E-state index is -1.64. The van der Waals surface area contributed by atoms with E-state index in [0.29, 0.717) is 23.9 Å². The largest absolute Gasteiger partial charge is 0.545 e. The van der Waals surface area contributed by atoms with Gasteiger partial charge in [-0.25, -0.2) is 0 Å². The average Bonchev–Trinajstić information content (AvgIpc) is 3.38. The molecule has 2 atom stereocenters. The normalized spacial score (nSPS) is 13.8. The van der Waals surface area contributed by atoms with Crippen LogP contribution in [0.2, 0.25) is 0 Å². The monoisotopic (exact) mass is 1040 g/mol. The number of rotatable bonds is 52. The van der Waals surface area contributed by atoms with Gasteiger partial charge in [0.25, 0.3) is 0 Å². The molecule has 0 aromatic rings. The van der Waals surface area contributed by atoms with Crippen molar-refractivity contribution in [3.8, 4) is 0 Å². The molecule has 9 nitrogen and oxygen atoms in total. The number of hydrogen-bond acceptors (Lipinski definition) is 8. The SMILES string of the molecule is CC/C=C\C/C=C\C/C=C\C/C=C\C/C=C\C/C=C\C/C=C\CCCCCCCCCCCCCCCCCC(=O)OC(COC(=O)CC/C=C\C/C=C\C/C=C\C/C=C\CC)COC(OCC[N+](C)(C)C)C(=O)[O-]. The van der Waals surface area contributed by atoms with E-state index >= 15 is 0 Å². The summed E-state index contributed by atoms with van der Waals surface area (Å²) in [5, 5.41) is 11.7. The summed E-state index contributed by atoms with van der Waals surface area (Å²) in [6, 6.07) is 0. The van der Waals surface area contributed by atoms with Gasteiger partial charge in [-0.3, -0.25) is 9.59 Å². The van der Waals surface area contributed by atoms with Crippen molar-refractivity contribution in [1.29, 1.82) is 0 Å². The summed E-state index contributed by atoms with van der Waals surface area (Å²) in [6.07, 6.45) is 76.8. The van der Waals surface area contributed by atoms with Crippen LogP contribution in [0.25, 0.3) is 0 Å². The van der Waals surface area contributed by atoms with E-state index in [-0.39, 0.29) is 32.7 Å². The quantitative estimate of drug-likeness (QED) is 0.0195. The minimum absolute atomic E-state index is 0.131. The number of esters is 2. The van der Waals surface area contributed by atoms with Gasteiger partial charge in [-0.05, 0) is 96.3 Å². The molecule has 0 radical (unpaired) electrons. The number of carbonyl (C=O) groups is 3. The lowest BCUT2D eigenvalue weighted by molar-refractivity contribution is -0.870. The molecule has 0 spiro atoms. The molecular weight excluding hydrogens is 935 g/mol. The zero-order valence-corrected chi connectivity index (χ0v) is 48.1. The summed E-state index contributed by atoms with van der Waals surface area (Å²) in [5.41, 5.74) is 0. The molecule has 2 unspecified atom stereocenters. The predicted octanol–water partition coefficient (Wildman–Crippen LogP) is 16.1. The van der Waals surface area contributed by atoms with E-state index in [0.717, 1.165) is 89.9 Å². The van der Waals surface area contributed by atoms with E-state index in [2.05, 4.69) is 135 Å². The Balaban J connectivity index is 4.13. The molecule has 9 heteroatoms. The second-order valence-electron chi connectivity index (χ2n) is 20.2. The molecule has 0 aromatic heterocycles. The van der Waals surface area contributed by atoms with E-state index in [9.17, 15) is 19.5 Å². The van der Waals surface area contributed by atoms with E-state index < -0.39 is 30.3 Å². The van der Waals surface area contributed by atoms with Gasteiger partial charge in [0.1, 0.15) is 13.2 Å². The van der Waals surface area contributed by atoms with Crippen LogP contribution < -0.4 is 5.11 Å². The van der Waals surface area contributed by atoms with E-state index in [1.165, 1.54) is 77.0 Å². The first-order chi connectivity index (χ1) is 36.6. The van der Waals surface area contributed by atoms with Crippen molar-refractivity contribution in [1.82, 2.24) is 0 Å². The topological polar surface area (TPSA) is 111 Å². The highest BCUT2D eigenvalue weighted by molar-refractivity contribution is 5.70. The average molecular weight is 1040 g/mol. The summed E-state index contributed by atoms with van der Waals surface area (Å²) in [6.45, 7) is 4.41. The van der Waals surface area contributed by atoms with E-state index in [4.69, 9.17) is 18.9 Å². The molecule has 0 bridgehead atoms. The van der Waals surface area contributed by atoms with Gasteiger partial charge in [0, 0.05) is 12.8 Å². The van der Waals surface area contributed by atoms with Crippen LogP contribution in [0, 0.1) is 0 Å².